The molecule has 150 valence electrons. The minimum atomic E-state index is -0.626. The molecule has 0 aliphatic rings. The molecule has 5 nitrogen and oxygen atoms in total. The van der Waals surface area contributed by atoms with Crippen molar-refractivity contribution in [3.05, 3.63) is 82.6 Å². The minimum Gasteiger partial charge on any atom is -0.489 e. The van der Waals surface area contributed by atoms with E-state index >= 15 is 0 Å². The van der Waals surface area contributed by atoms with Gasteiger partial charge in [-0.15, -0.1) is 11.3 Å². The van der Waals surface area contributed by atoms with Crippen LogP contribution in [-0.4, -0.2) is 17.9 Å². The number of carbonyl (C=O) groups excluding carboxylic acids is 2. The molecule has 2 aromatic carbocycles. The molecule has 1 aromatic heterocycles. The van der Waals surface area contributed by atoms with Gasteiger partial charge in [0.05, 0.1) is 4.88 Å². The summed E-state index contributed by atoms with van der Waals surface area (Å²) in [5.74, 6) is 0.187. The molecule has 1 heterocycles. The molecular weight excluding hydrogens is 384 g/mol. The van der Waals surface area contributed by atoms with Crippen molar-refractivity contribution < 1.29 is 14.3 Å². The van der Waals surface area contributed by atoms with E-state index in [2.05, 4.69) is 10.6 Å². The molecule has 0 saturated heterocycles. The molecule has 0 bridgehead atoms. The van der Waals surface area contributed by atoms with Crippen molar-refractivity contribution in [2.75, 3.05) is 5.32 Å². The highest BCUT2D eigenvalue weighted by molar-refractivity contribution is 7.12. The van der Waals surface area contributed by atoms with Gasteiger partial charge in [0, 0.05) is 5.69 Å². The van der Waals surface area contributed by atoms with Gasteiger partial charge in [0.25, 0.3) is 5.91 Å². The van der Waals surface area contributed by atoms with Crippen molar-refractivity contribution in [3.63, 3.8) is 0 Å². The van der Waals surface area contributed by atoms with Crippen LogP contribution in [0, 0.1) is 5.92 Å². The number of hydrogen-bond acceptors (Lipinski definition) is 4. The van der Waals surface area contributed by atoms with E-state index in [0.717, 1.165) is 11.3 Å². The van der Waals surface area contributed by atoms with Crippen molar-refractivity contribution in [1.29, 1.82) is 0 Å². The van der Waals surface area contributed by atoms with Crippen LogP contribution >= 0.6 is 11.3 Å². The lowest BCUT2D eigenvalue weighted by Gasteiger charge is -2.21. The molecule has 0 aliphatic heterocycles. The zero-order valence-corrected chi connectivity index (χ0v) is 17.2. The lowest BCUT2D eigenvalue weighted by Crippen LogP contribution is -2.46. The van der Waals surface area contributed by atoms with Gasteiger partial charge in [0.1, 0.15) is 18.4 Å². The van der Waals surface area contributed by atoms with Crippen LogP contribution < -0.4 is 15.4 Å². The Morgan fingerprint density at radius 1 is 0.966 bits per heavy atom. The van der Waals surface area contributed by atoms with Crippen LogP contribution in [0.15, 0.2) is 72.1 Å². The van der Waals surface area contributed by atoms with Crippen LogP contribution in [-0.2, 0) is 11.4 Å². The van der Waals surface area contributed by atoms with Gasteiger partial charge in [0.15, 0.2) is 0 Å². The highest BCUT2D eigenvalue weighted by Gasteiger charge is 2.25. The van der Waals surface area contributed by atoms with Gasteiger partial charge in [-0.2, -0.15) is 0 Å². The average Bonchev–Trinajstić information content (AvgIpc) is 3.27. The summed E-state index contributed by atoms with van der Waals surface area (Å²) < 4.78 is 5.76. The smallest absolute Gasteiger partial charge is 0.262 e. The number of amides is 2. The van der Waals surface area contributed by atoms with Crippen LogP contribution in [0.2, 0.25) is 0 Å². The van der Waals surface area contributed by atoms with Crippen molar-refractivity contribution in [2.45, 2.75) is 26.5 Å². The van der Waals surface area contributed by atoms with E-state index in [1.807, 2.05) is 67.8 Å². The summed E-state index contributed by atoms with van der Waals surface area (Å²) >= 11 is 1.35. The van der Waals surface area contributed by atoms with Crippen LogP contribution in [0.25, 0.3) is 0 Å². The fourth-order valence-corrected chi connectivity index (χ4v) is 3.38. The Balaban J connectivity index is 1.57. The highest BCUT2D eigenvalue weighted by Crippen LogP contribution is 2.18. The molecule has 0 radical (unpaired) electrons. The maximum atomic E-state index is 12.7. The quantitative estimate of drug-likeness (QED) is 0.567. The van der Waals surface area contributed by atoms with E-state index in [1.54, 1.807) is 18.2 Å². The molecule has 0 fully saturated rings. The Morgan fingerprint density at radius 3 is 2.31 bits per heavy atom. The molecule has 0 spiro atoms. The van der Waals surface area contributed by atoms with Crippen molar-refractivity contribution >= 4 is 28.8 Å². The van der Waals surface area contributed by atoms with E-state index in [-0.39, 0.29) is 17.7 Å². The summed E-state index contributed by atoms with van der Waals surface area (Å²) in [7, 11) is 0. The van der Waals surface area contributed by atoms with E-state index in [4.69, 9.17) is 4.74 Å². The zero-order chi connectivity index (χ0) is 20.6. The largest absolute Gasteiger partial charge is 0.489 e. The summed E-state index contributed by atoms with van der Waals surface area (Å²) in [6.07, 6.45) is 0. The first-order chi connectivity index (χ1) is 14.0. The predicted molar refractivity (Wildman–Crippen MR) is 116 cm³/mol. The van der Waals surface area contributed by atoms with Crippen molar-refractivity contribution in [2.24, 2.45) is 5.92 Å². The Hall–Kier alpha value is -3.12. The van der Waals surface area contributed by atoms with E-state index in [1.165, 1.54) is 11.3 Å². The number of thiophene rings is 1. The number of anilines is 1. The van der Waals surface area contributed by atoms with Gasteiger partial charge >= 0.3 is 0 Å². The number of hydrogen-bond donors (Lipinski definition) is 2. The molecule has 1 atom stereocenters. The average molecular weight is 409 g/mol. The Morgan fingerprint density at radius 2 is 1.69 bits per heavy atom. The maximum Gasteiger partial charge on any atom is 0.262 e. The van der Waals surface area contributed by atoms with Crippen molar-refractivity contribution in [3.8, 4) is 5.75 Å². The molecule has 29 heavy (non-hydrogen) atoms. The van der Waals surface area contributed by atoms with E-state index < -0.39 is 6.04 Å². The van der Waals surface area contributed by atoms with Gasteiger partial charge in [-0.1, -0.05) is 50.2 Å². The molecular formula is C23H24N2O3S. The van der Waals surface area contributed by atoms with Gasteiger partial charge < -0.3 is 15.4 Å². The molecule has 0 saturated carbocycles. The second-order valence-corrected chi connectivity index (χ2v) is 7.91. The van der Waals surface area contributed by atoms with E-state index in [9.17, 15) is 9.59 Å². The molecule has 0 aliphatic carbocycles. The first kappa shape index (κ1) is 20.6. The number of ether oxygens (including phenoxy) is 1. The number of benzene rings is 2. The van der Waals surface area contributed by atoms with Gasteiger partial charge in [-0.25, -0.2) is 0 Å². The molecule has 2 N–H and O–H groups in total. The SMILES string of the molecule is CC(C)C(NC(=O)c1cccs1)C(=O)Nc1ccc(OCc2ccccc2)cc1. The lowest BCUT2D eigenvalue weighted by atomic mass is 10.0. The second-order valence-electron chi connectivity index (χ2n) is 6.96. The summed E-state index contributed by atoms with van der Waals surface area (Å²) in [5, 5.41) is 7.53. The van der Waals surface area contributed by atoms with Gasteiger partial charge in [0.2, 0.25) is 5.91 Å². The van der Waals surface area contributed by atoms with Crippen LogP contribution in [0.3, 0.4) is 0 Å². The van der Waals surface area contributed by atoms with Gasteiger partial charge in [-0.05, 0) is 47.2 Å². The first-order valence-corrected chi connectivity index (χ1v) is 10.3. The summed E-state index contributed by atoms with van der Waals surface area (Å²) in [5.41, 5.74) is 1.74. The number of rotatable bonds is 8. The third-order valence-corrected chi connectivity index (χ3v) is 5.22. The molecule has 3 aromatic rings. The predicted octanol–water partition coefficient (Wildman–Crippen LogP) is 4.72. The first-order valence-electron chi connectivity index (χ1n) is 9.45. The maximum absolute atomic E-state index is 12.7. The Kier molecular flexibility index (Phi) is 7.03. The third-order valence-electron chi connectivity index (χ3n) is 4.35. The van der Waals surface area contributed by atoms with Crippen LogP contribution in [0.4, 0.5) is 5.69 Å². The standard InChI is InChI=1S/C23H24N2O3S/c1-16(2)21(25-22(26)20-9-6-14-29-20)23(27)24-18-10-12-19(13-11-18)28-15-17-7-4-3-5-8-17/h3-14,16,21H,15H2,1-2H3,(H,24,27)(H,25,26). The van der Waals surface area contributed by atoms with Crippen LogP contribution in [0.1, 0.15) is 29.1 Å². The van der Waals surface area contributed by atoms with Gasteiger partial charge in [-0.3, -0.25) is 9.59 Å². The normalized spacial score (nSPS) is 11.7. The summed E-state index contributed by atoms with van der Waals surface area (Å²) in [6, 6.07) is 20.0. The molecule has 1 unspecified atom stereocenters. The van der Waals surface area contributed by atoms with Crippen molar-refractivity contribution in [1.82, 2.24) is 5.32 Å². The Bertz CT molecular complexity index is 923. The molecule has 6 heteroatoms. The topological polar surface area (TPSA) is 67.4 Å². The van der Waals surface area contributed by atoms with E-state index in [0.29, 0.717) is 17.2 Å². The van der Waals surface area contributed by atoms with Crippen LogP contribution in [0.5, 0.6) is 5.75 Å². The third kappa shape index (κ3) is 5.93. The fourth-order valence-electron chi connectivity index (χ4n) is 2.75. The lowest BCUT2D eigenvalue weighted by molar-refractivity contribution is -0.118. The minimum absolute atomic E-state index is 0.0487. The molecule has 2 amide bonds. The second kappa shape index (κ2) is 9.89. The summed E-state index contributed by atoms with van der Waals surface area (Å²) in [6.45, 7) is 4.29. The molecule has 3 rings (SSSR count). The fraction of sp³-hybridized carbons (Fsp3) is 0.217. The number of carbonyl (C=O) groups is 2. The number of nitrogens with one attached hydrogen (secondary N) is 2. The Labute approximate surface area is 174 Å². The zero-order valence-electron chi connectivity index (χ0n) is 16.4. The highest BCUT2D eigenvalue weighted by atomic mass is 32.1. The monoisotopic (exact) mass is 408 g/mol. The summed E-state index contributed by atoms with van der Waals surface area (Å²) in [4.78, 5) is 25.6.